The number of thiophene rings is 1. The van der Waals surface area contributed by atoms with Crippen molar-refractivity contribution in [2.45, 2.75) is 6.92 Å². The number of hydrogen-bond donors (Lipinski definition) is 1. The molecule has 5 nitrogen and oxygen atoms in total. The number of nitrogens with zero attached hydrogens (tertiary/aromatic N) is 2. The average molecular weight is 375 g/mol. The summed E-state index contributed by atoms with van der Waals surface area (Å²) >= 11 is 1.56. The molecule has 4 aromatic rings. The lowest BCUT2D eigenvalue weighted by molar-refractivity contribution is 0.0959. The van der Waals surface area contributed by atoms with Crippen LogP contribution in [-0.4, -0.2) is 22.6 Å². The molecule has 0 atom stereocenters. The van der Waals surface area contributed by atoms with Gasteiger partial charge in [0.15, 0.2) is 0 Å². The summed E-state index contributed by atoms with van der Waals surface area (Å²) in [6.45, 7) is 6.05. The Morgan fingerprint density at radius 1 is 1.30 bits per heavy atom. The number of fused-ring (bicyclic) bond motifs is 1. The molecule has 0 saturated carbocycles. The van der Waals surface area contributed by atoms with Gasteiger partial charge in [0, 0.05) is 12.1 Å². The molecule has 0 saturated heterocycles. The van der Waals surface area contributed by atoms with E-state index in [1.54, 1.807) is 23.5 Å². The van der Waals surface area contributed by atoms with Gasteiger partial charge in [-0.1, -0.05) is 47.1 Å². The van der Waals surface area contributed by atoms with Gasteiger partial charge in [0.1, 0.15) is 5.69 Å². The van der Waals surface area contributed by atoms with Crippen molar-refractivity contribution < 1.29 is 9.32 Å². The van der Waals surface area contributed by atoms with Crippen molar-refractivity contribution in [2.75, 3.05) is 6.54 Å². The maximum Gasteiger partial charge on any atom is 0.259 e. The lowest BCUT2D eigenvalue weighted by Gasteiger charge is -2.07. The summed E-state index contributed by atoms with van der Waals surface area (Å²) in [6.07, 6.45) is 1.64. The number of carbonyl (C=O) groups excluding carboxylic acids is 1. The molecule has 27 heavy (non-hydrogen) atoms. The third-order valence-electron chi connectivity index (χ3n) is 4.20. The van der Waals surface area contributed by atoms with E-state index in [1.165, 1.54) is 0 Å². The van der Waals surface area contributed by atoms with Gasteiger partial charge in [0.05, 0.1) is 21.5 Å². The average Bonchev–Trinajstić information content (AvgIpc) is 3.36. The zero-order valence-corrected chi connectivity index (χ0v) is 15.5. The molecular formula is C21H17N3O2S. The van der Waals surface area contributed by atoms with Crippen LogP contribution in [-0.2, 0) is 0 Å². The third-order valence-corrected chi connectivity index (χ3v) is 5.09. The number of nitrogens with one attached hydrogen (secondary N) is 1. The standard InChI is InChI=1S/C21H17N3O2S/c1-3-10-22-20(25)15-12-16(17-5-4-11-27-17)23-21-18(15)19(24-26-21)14-8-6-13(2)7-9-14/h3-9,11-12H,1,10H2,2H3,(H,22,25). The highest BCUT2D eigenvalue weighted by molar-refractivity contribution is 7.13. The van der Waals surface area contributed by atoms with Crippen LogP contribution in [0.4, 0.5) is 0 Å². The molecule has 0 fully saturated rings. The first-order chi connectivity index (χ1) is 13.2. The Kier molecular flexibility index (Phi) is 4.56. The van der Waals surface area contributed by atoms with Crippen LogP contribution < -0.4 is 5.32 Å². The molecule has 0 spiro atoms. The highest BCUT2D eigenvalue weighted by atomic mass is 32.1. The predicted octanol–water partition coefficient (Wildman–Crippen LogP) is 4.84. The van der Waals surface area contributed by atoms with Crippen LogP contribution in [0.1, 0.15) is 15.9 Å². The molecule has 0 aliphatic carbocycles. The summed E-state index contributed by atoms with van der Waals surface area (Å²) in [4.78, 5) is 18.4. The van der Waals surface area contributed by atoms with Crippen molar-refractivity contribution in [3.8, 4) is 21.8 Å². The minimum atomic E-state index is -0.211. The monoisotopic (exact) mass is 375 g/mol. The van der Waals surface area contributed by atoms with Gasteiger partial charge in [-0.3, -0.25) is 4.79 Å². The zero-order valence-electron chi connectivity index (χ0n) is 14.7. The molecule has 0 aliphatic heterocycles. The summed E-state index contributed by atoms with van der Waals surface area (Å²) in [5.41, 5.74) is 4.16. The fraction of sp³-hybridized carbons (Fsp3) is 0.0952. The predicted molar refractivity (Wildman–Crippen MR) is 108 cm³/mol. The molecule has 3 aromatic heterocycles. The summed E-state index contributed by atoms with van der Waals surface area (Å²) in [6, 6.07) is 13.6. The number of aromatic nitrogens is 2. The van der Waals surface area contributed by atoms with Crippen LogP contribution in [0.25, 0.3) is 32.9 Å². The molecule has 3 heterocycles. The van der Waals surface area contributed by atoms with Gasteiger partial charge in [-0.05, 0) is 24.4 Å². The van der Waals surface area contributed by atoms with E-state index < -0.39 is 0 Å². The summed E-state index contributed by atoms with van der Waals surface area (Å²) in [7, 11) is 0. The summed E-state index contributed by atoms with van der Waals surface area (Å²) < 4.78 is 5.51. The number of carbonyl (C=O) groups is 1. The van der Waals surface area contributed by atoms with E-state index in [0.29, 0.717) is 34.6 Å². The Balaban J connectivity index is 1.93. The third kappa shape index (κ3) is 3.27. The van der Waals surface area contributed by atoms with Crippen molar-refractivity contribution in [2.24, 2.45) is 0 Å². The van der Waals surface area contributed by atoms with Crippen LogP contribution in [0.2, 0.25) is 0 Å². The molecule has 134 valence electrons. The van der Waals surface area contributed by atoms with E-state index in [9.17, 15) is 4.79 Å². The van der Waals surface area contributed by atoms with Gasteiger partial charge in [-0.25, -0.2) is 4.98 Å². The van der Waals surface area contributed by atoms with Gasteiger partial charge in [0.25, 0.3) is 11.6 Å². The number of hydrogen-bond acceptors (Lipinski definition) is 5. The molecule has 0 unspecified atom stereocenters. The second-order valence-corrected chi connectivity index (χ2v) is 7.06. The normalized spacial score (nSPS) is 10.9. The quantitative estimate of drug-likeness (QED) is 0.507. The van der Waals surface area contributed by atoms with Crippen molar-refractivity contribution in [3.05, 3.63) is 71.6 Å². The molecule has 1 N–H and O–H groups in total. The molecule has 0 radical (unpaired) electrons. The van der Waals surface area contributed by atoms with Gasteiger partial charge < -0.3 is 9.84 Å². The molecule has 1 aromatic carbocycles. The van der Waals surface area contributed by atoms with E-state index in [1.807, 2.05) is 48.7 Å². The molecule has 0 aliphatic rings. The fourth-order valence-corrected chi connectivity index (χ4v) is 3.54. The second kappa shape index (κ2) is 7.17. The van der Waals surface area contributed by atoms with Crippen molar-refractivity contribution in [1.82, 2.24) is 15.5 Å². The summed E-state index contributed by atoms with van der Waals surface area (Å²) in [5, 5.41) is 9.63. The van der Waals surface area contributed by atoms with Crippen LogP contribution in [0.15, 0.2) is 65.0 Å². The Hall–Kier alpha value is -3.25. The SMILES string of the molecule is C=CCNC(=O)c1cc(-c2cccs2)nc2onc(-c3ccc(C)cc3)c12. The van der Waals surface area contributed by atoms with Crippen LogP contribution in [0, 0.1) is 6.92 Å². The topological polar surface area (TPSA) is 68.0 Å². The Bertz CT molecular complexity index is 1110. The smallest absolute Gasteiger partial charge is 0.259 e. The Morgan fingerprint density at radius 2 is 2.11 bits per heavy atom. The molecule has 6 heteroatoms. The van der Waals surface area contributed by atoms with Crippen molar-refractivity contribution in [3.63, 3.8) is 0 Å². The van der Waals surface area contributed by atoms with Gasteiger partial charge in [-0.2, -0.15) is 0 Å². The lowest BCUT2D eigenvalue weighted by atomic mass is 10.0. The number of aryl methyl sites for hydroxylation is 1. The van der Waals surface area contributed by atoms with Gasteiger partial charge >= 0.3 is 0 Å². The van der Waals surface area contributed by atoms with Crippen LogP contribution in [0.5, 0.6) is 0 Å². The number of benzene rings is 1. The lowest BCUT2D eigenvalue weighted by Crippen LogP contribution is -2.23. The van der Waals surface area contributed by atoms with Gasteiger partial charge in [-0.15, -0.1) is 17.9 Å². The van der Waals surface area contributed by atoms with Gasteiger partial charge in [0.2, 0.25) is 0 Å². The Labute approximate surface area is 160 Å². The molecular weight excluding hydrogens is 358 g/mol. The van der Waals surface area contributed by atoms with Crippen molar-refractivity contribution in [1.29, 1.82) is 0 Å². The number of amides is 1. The maximum atomic E-state index is 12.8. The highest BCUT2D eigenvalue weighted by Gasteiger charge is 2.22. The first-order valence-electron chi connectivity index (χ1n) is 8.48. The largest absolute Gasteiger partial charge is 0.349 e. The maximum absolute atomic E-state index is 12.8. The second-order valence-electron chi connectivity index (χ2n) is 6.11. The fourth-order valence-electron chi connectivity index (χ4n) is 2.85. The van der Waals surface area contributed by atoms with Crippen LogP contribution >= 0.6 is 11.3 Å². The van der Waals surface area contributed by atoms with E-state index in [4.69, 9.17) is 4.52 Å². The number of rotatable bonds is 5. The first-order valence-corrected chi connectivity index (χ1v) is 9.36. The minimum absolute atomic E-state index is 0.211. The minimum Gasteiger partial charge on any atom is -0.349 e. The zero-order chi connectivity index (χ0) is 18.8. The highest BCUT2D eigenvalue weighted by Crippen LogP contribution is 2.33. The molecule has 1 amide bonds. The first kappa shape index (κ1) is 17.2. The van der Waals surface area contributed by atoms with Crippen molar-refractivity contribution >= 4 is 28.3 Å². The number of pyridine rings is 1. The van der Waals surface area contributed by atoms with Crippen LogP contribution in [0.3, 0.4) is 0 Å². The molecule has 4 rings (SSSR count). The van der Waals surface area contributed by atoms with E-state index >= 15 is 0 Å². The van der Waals surface area contributed by atoms with E-state index in [2.05, 4.69) is 22.0 Å². The Morgan fingerprint density at radius 3 is 2.81 bits per heavy atom. The van der Waals surface area contributed by atoms with E-state index in [0.717, 1.165) is 16.0 Å². The summed E-state index contributed by atoms with van der Waals surface area (Å²) in [5.74, 6) is -0.211. The molecule has 0 bridgehead atoms. The van der Waals surface area contributed by atoms with E-state index in [-0.39, 0.29) is 5.91 Å².